The minimum atomic E-state index is 0.890. The number of nitrogens with zero attached hydrogens (tertiary/aromatic N) is 2. The van der Waals surface area contributed by atoms with Crippen LogP contribution in [0.5, 0.6) is 0 Å². The lowest BCUT2D eigenvalue weighted by Gasteiger charge is -2.14. The number of pyridine rings is 1. The molecule has 0 spiro atoms. The van der Waals surface area contributed by atoms with Crippen molar-refractivity contribution in [2.45, 2.75) is 0 Å². The first kappa shape index (κ1) is 25.8. The average molecular weight is 564 g/mol. The maximum Gasteiger partial charge on any atom is 0.138 e. The lowest BCUT2D eigenvalue weighted by Crippen LogP contribution is -2.00. The second-order valence-electron chi connectivity index (χ2n) is 11.0. The first-order chi connectivity index (χ1) is 21.7. The zero-order valence-corrected chi connectivity index (χ0v) is 24.1. The number of hydrogen-bond donors (Lipinski definition) is 1. The van der Waals surface area contributed by atoms with E-state index in [4.69, 9.17) is 4.98 Å². The molecule has 0 aliphatic heterocycles. The minimum Gasteiger partial charge on any atom is -0.355 e. The second-order valence-corrected chi connectivity index (χ2v) is 11.0. The first-order valence-corrected chi connectivity index (χ1v) is 14.8. The largest absolute Gasteiger partial charge is 0.355 e. The van der Waals surface area contributed by atoms with Crippen LogP contribution in [0.4, 0.5) is 11.4 Å². The molecular weight excluding hydrogens is 534 g/mol. The van der Waals surface area contributed by atoms with Crippen molar-refractivity contribution in [3.63, 3.8) is 0 Å². The highest BCUT2D eigenvalue weighted by molar-refractivity contribution is 6.14. The molecule has 0 saturated heterocycles. The van der Waals surface area contributed by atoms with E-state index in [2.05, 4.69) is 144 Å². The van der Waals surface area contributed by atoms with Gasteiger partial charge in [0, 0.05) is 27.7 Å². The summed E-state index contributed by atoms with van der Waals surface area (Å²) in [7, 11) is 0. The second kappa shape index (κ2) is 10.7. The predicted molar refractivity (Wildman–Crippen MR) is 187 cm³/mol. The van der Waals surface area contributed by atoms with Gasteiger partial charge in [-0.05, 0) is 82.1 Å². The van der Waals surface area contributed by atoms with Gasteiger partial charge in [0.2, 0.25) is 0 Å². The van der Waals surface area contributed by atoms with Crippen LogP contribution in [0.1, 0.15) is 5.56 Å². The number of nitrogens with one attached hydrogen (secondary N) is 1. The van der Waals surface area contributed by atoms with Gasteiger partial charge in [-0.15, -0.1) is 0 Å². The first-order valence-electron chi connectivity index (χ1n) is 14.8. The zero-order valence-electron chi connectivity index (χ0n) is 24.1. The summed E-state index contributed by atoms with van der Waals surface area (Å²) in [6.45, 7) is 4.11. The van der Waals surface area contributed by atoms with Crippen LogP contribution in [-0.2, 0) is 0 Å². The van der Waals surface area contributed by atoms with Gasteiger partial charge in [-0.25, -0.2) is 4.98 Å². The van der Waals surface area contributed by atoms with Gasteiger partial charge in [0.05, 0.1) is 16.7 Å². The van der Waals surface area contributed by atoms with Gasteiger partial charge in [-0.1, -0.05) is 110 Å². The maximum absolute atomic E-state index is 5.29. The Morgan fingerprint density at radius 3 is 1.95 bits per heavy atom. The molecule has 0 amide bonds. The highest BCUT2D eigenvalue weighted by atomic mass is 15.1. The lowest BCUT2D eigenvalue weighted by atomic mass is 10.0. The Kier molecular flexibility index (Phi) is 6.28. The molecule has 0 aliphatic carbocycles. The quantitative estimate of drug-likeness (QED) is 0.218. The Balaban J connectivity index is 1.40. The van der Waals surface area contributed by atoms with E-state index in [0.717, 1.165) is 61.6 Å². The van der Waals surface area contributed by atoms with Gasteiger partial charge in [-0.2, -0.15) is 0 Å². The van der Waals surface area contributed by atoms with Gasteiger partial charge in [0.25, 0.3) is 0 Å². The number of benzene rings is 6. The highest BCUT2D eigenvalue weighted by Crippen LogP contribution is 2.38. The molecule has 208 valence electrons. The predicted octanol–water partition coefficient (Wildman–Crippen LogP) is 11.1. The average Bonchev–Trinajstić information content (AvgIpc) is 3.41. The number of para-hydroxylation sites is 2. The Morgan fingerprint density at radius 1 is 0.545 bits per heavy atom. The fraction of sp³-hybridized carbons (Fsp3) is 0. The molecule has 8 rings (SSSR count). The Morgan fingerprint density at radius 2 is 1.20 bits per heavy atom. The van der Waals surface area contributed by atoms with Crippen LogP contribution in [0.15, 0.2) is 158 Å². The van der Waals surface area contributed by atoms with Crippen LogP contribution in [-0.4, -0.2) is 9.55 Å². The number of aromatic nitrogens is 2. The highest BCUT2D eigenvalue weighted by Gasteiger charge is 2.17. The molecule has 0 saturated carbocycles. The fourth-order valence-corrected chi connectivity index (χ4v) is 6.17. The van der Waals surface area contributed by atoms with E-state index in [1.165, 1.54) is 16.2 Å². The van der Waals surface area contributed by atoms with E-state index in [0.29, 0.717) is 0 Å². The van der Waals surface area contributed by atoms with E-state index in [1.807, 2.05) is 30.3 Å². The molecule has 0 radical (unpaired) electrons. The Labute approximate surface area is 256 Å². The van der Waals surface area contributed by atoms with Crippen molar-refractivity contribution in [1.29, 1.82) is 0 Å². The van der Waals surface area contributed by atoms with Gasteiger partial charge in [0.1, 0.15) is 5.82 Å². The van der Waals surface area contributed by atoms with Crippen molar-refractivity contribution in [2.75, 3.05) is 5.32 Å². The van der Waals surface area contributed by atoms with Gasteiger partial charge < -0.3 is 5.32 Å². The van der Waals surface area contributed by atoms with Crippen molar-refractivity contribution in [1.82, 2.24) is 9.55 Å². The summed E-state index contributed by atoms with van der Waals surface area (Å²) in [6.07, 6.45) is 1.92. The minimum absolute atomic E-state index is 0.890. The monoisotopic (exact) mass is 563 g/mol. The van der Waals surface area contributed by atoms with Crippen molar-refractivity contribution in [2.24, 2.45) is 0 Å². The smallest absolute Gasteiger partial charge is 0.138 e. The molecule has 0 fully saturated rings. The number of rotatable bonds is 6. The third-order valence-corrected chi connectivity index (χ3v) is 8.29. The molecule has 3 nitrogen and oxygen atoms in total. The molecule has 0 aliphatic rings. The Hall–Kier alpha value is -5.93. The standard InChI is InChI=1S/C41H29N3/c1-2-28-22-31-23-36-35-20-12-13-21-39(35)44(40(36)26-32(31)24-37(28)42-34-18-10-5-11-19-34)41-27-33(29-14-6-3-7-15-29)25-38(43-41)30-16-8-4-9-17-30/h2-27,42H,1H2. The summed E-state index contributed by atoms with van der Waals surface area (Å²) in [4.78, 5) is 5.29. The molecule has 6 aromatic carbocycles. The summed E-state index contributed by atoms with van der Waals surface area (Å²) in [5.41, 5.74) is 9.70. The molecule has 8 aromatic rings. The Bertz CT molecular complexity index is 2240. The summed E-state index contributed by atoms with van der Waals surface area (Å²) >= 11 is 0. The molecule has 3 heteroatoms. The van der Waals surface area contributed by atoms with Crippen LogP contribution in [0.2, 0.25) is 0 Å². The molecule has 2 heterocycles. The molecule has 0 unspecified atom stereocenters. The molecule has 1 N–H and O–H groups in total. The molecular formula is C41H29N3. The number of anilines is 2. The summed E-state index contributed by atoms with van der Waals surface area (Å²) in [6, 6.07) is 53.3. The summed E-state index contributed by atoms with van der Waals surface area (Å²) in [5, 5.41) is 8.31. The summed E-state index contributed by atoms with van der Waals surface area (Å²) in [5.74, 6) is 0.890. The molecule has 44 heavy (non-hydrogen) atoms. The topological polar surface area (TPSA) is 29.9 Å². The van der Waals surface area contributed by atoms with E-state index in [9.17, 15) is 0 Å². The van der Waals surface area contributed by atoms with Crippen molar-refractivity contribution < 1.29 is 0 Å². The zero-order chi connectivity index (χ0) is 29.5. The van der Waals surface area contributed by atoms with Gasteiger partial charge in [-0.3, -0.25) is 4.57 Å². The van der Waals surface area contributed by atoms with E-state index < -0.39 is 0 Å². The molecule has 0 atom stereocenters. The SMILES string of the molecule is C=Cc1cc2cc3c4ccccc4n(-c4cc(-c5ccccc5)cc(-c5ccccc5)n4)c3cc2cc1Nc1ccccc1. The van der Waals surface area contributed by atoms with Gasteiger partial charge >= 0.3 is 0 Å². The van der Waals surface area contributed by atoms with Crippen LogP contribution in [0.25, 0.3) is 66.9 Å². The van der Waals surface area contributed by atoms with E-state index >= 15 is 0 Å². The fourth-order valence-electron chi connectivity index (χ4n) is 6.17. The van der Waals surface area contributed by atoms with Crippen LogP contribution < -0.4 is 5.32 Å². The van der Waals surface area contributed by atoms with E-state index in [1.54, 1.807) is 0 Å². The number of hydrogen-bond acceptors (Lipinski definition) is 2. The van der Waals surface area contributed by atoms with Crippen molar-refractivity contribution in [3.8, 4) is 28.2 Å². The third kappa shape index (κ3) is 4.52. The van der Waals surface area contributed by atoms with E-state index in [-0.39, 0.29) is 0 Å². The van der Waals surface area contributed by atoms with Crippen LogP contribution in [0.3, 0.4) is 0 Å². The lowest BCUT2D eigenvalue weighted by molar-refractivity contribution is 1.09. The number of fused-ring (bicyclic) bond motifs is 4. The van der Waals surface area contributed by atoms with Crippen molar-refractivity contribution in [3.05, 3.63) is 164 Å². The van der Waals surface area contributed by atoms with Crippen LogP contribution in [0, 0.1) is 0 Å². The normalized spacial score (nSPS) is 11.3. The molecule has 0 bridgehead atoms. The van der Waals surface area contributed by atoms with Crippen LogP contribution >= 0.6 is 0 Å². The maximum atomic E-state index is 5.29. The van der Waals surface area contributed by atoms with Gasteiger partial charge in [0.15, 0.2) is 0 Å². The molecule has 2 aromatic heterocycles. The van der Waals surface area contributed by atoms with Crippen molar-refractivity contribution >= 4 is 50.0 Å². The third-order valence-electron chi connectivity index (χ3n) is 8.29. The summed E-state index contributed by atoms with van der Waals surface area (Å²) < 4.78 is 2.31.